The number of rotatable bonds is 50. The Morgan fingerprint density at radius 1 is 0.344 bits per heavy atom. The normalized spacial score (nSPS) is 11.4. The van der Waals surface area contributed by atoms with Crippen LogP contribution in [0.15, 0.2) is 24.3 Å². The fourth-order valence-corrected chi connectivity index (χ4v) is 4.49. The molecule has 1 aromatic carbocycles. The molecule has 0 bridgehead atoms. The number of anilines is 1. The molecule has 0 fully saturated rings. The maximum absolute atomic E-state index is 11.8. The van der Waals surface area contributed by atoms with Gasteiger partial charge in [0, 0.05) is 12.8 Å². The minimum absolute atomic E-state index is 0.160. The van der Waals surface area contributed by atoms with Crippen LogP contribution in [0.25, 0.3) is 0 Å². The smallest absolute Gasteiger partial charge is 0.411 e. The summed E-state index contributed by atoms with van der Waals surface area (Å²) in [7, 11) is 1.64. The van der Waals surface area contributed by atoms with E-state index in [1.54, 1.807) is 7.11 Å². The highest BCUT2D eigenvalue weighted by Crippen LogP contribution is 2.10. The van der Waals surface area contributed by atoms with Crippen LogP contribution in [0.3, 0.4) is 0 Å². The predicted octanol–water partition coefficient (Wildman–Crippen LogP) is 2.69. The van der Waals surface area contributed by atoms with Gasteiger partial charge in [-0.3, -0.25) is 5.32 Å². The Morgan fingerprint density at radius 3 is 0.770 bits per heavy atom. The number of ether oxygens (including phenoxy) is 17. The van der Waals surface area contributed by atoms with Gasteiger partial charge in [0.05, 0.1) is 205 Å². The van der Waals surface area contributed by atoms with Crippen LogP contribution in [0, 0.1) is 0 Å². The Bertz CT molecular complexity index is 1010. The third kappa shape index (κ3) is 44.3. The van der Waals surface area contributed by atoms with Crippen molar-refractivity contribution >= 4 is 11.8 Å². The van der Waals surface area contributed by atoms with E-state index in [-0.39, 0.29) is 6.61 Å². The van der Waals surface area contributed by atoms with Gasteiger partial charge in [0.15, 0.2) is 0 Å². The molecule has 0 heterocycles. The number of hydrogen-bond acceptors (Lipinski definition) is 18. The molecule has 0 aliphatic heterocycles. The van der Waals surface area contributed by atoms with E-state index in [0.29, 0.717) is 211 Å². The molecule has 0 spiro atoms. The summed E-state index contributed by atoms with van der Waals surface area (Å²) in [5.74, 6) is 0. The summed E-state index contributed by atoms with van der Waals surface area (Å²) < 4.78 is 92.0. The van der Waals surface area contributed by atoms with E-state index in [0.717, 1.165) is 6.42 Å². The molecule has 61 heavy (non-hydrogen) atoms. The van der Waals surface area contributed by atoms with Crippen molar-refractivity contribution in [1.82, 2.24) is 0 Å². The molecular formula is C42H77NO18. The minimum atomic E-state index is -0.509. The van der Waals surface area contributed by atoms with Gasteiger partial charge < -0.3 is 80.5 Å². The third-order valence-electron chi connectivity index (χ3n) is 7.71. The molecule has 1 rings (SSSR count). The van der Waals surface area contributed by atoms with Crippen LogP contribution in [0.2, 0.25) is 0 Å². The van der Waals surface area contributed by atoms with E-state index in [9.17, 15) is 4.79 Å². The van der Waals surface area contributed by atoms with E-state index in [4.69, 9.17) is 80.5 Å². The molecule has 0 aliphatic carbocycles. The van der Waals surface area contributed by atoms with Crippen molar-refractivity contribution in [2.45, 2.75) is 13.3 Å². The van der Waals surface area contributed by atoms with Crippen molar-refractivity contribution in [3.05, 3.63) is 29.8 Å². The van der Waals surface area contributed by atoms with E-state index in [2.05, 4.69) is 12.2 Å². The van der Waals surface area contributed by atoms with Crippen LogP contribution in [-0.4, -0.2) is 225 Å². The van der Waals surface area contributed by atoms with Gasteiger partial charge in [-0.1, -0.05) is 19.1 Å². The quantitative estimate of drug-likeness (QED) is 0.0941. The van der Waals surface area contributed by atoms with E-state index in [1.807, 2.05) is 24.3 Å². The summed E-state index contributed by atoms with van der Waals surface area (Å²) in [4.78, 5) is 11.8. The van der Waals surface area contributed by atoms with Crippen LogP contribution in [-0.2, 0) is 86.9 Å². The van der Waals surface area contributed by atoms with Gasteiger partial charge in [-0.25, -0.2) is 4.79 Å². The van der Waals surface area contributed by atoms with Crippen LogP contribution in [0.1, 0.15) is 12.5 Å². The molecule has 19 nitrogen and oxygen atoms in total. The molecule has 1 amide bonds. The number of amides is 1. The number of benzene rings is 1. The standard InChI is InChI=1S/C42H77NO18/c1-3-40-4-6-41(7-5-40)43-42(44)61-39-38-60-37-36-59-35-34-58-33-32-57-31-30-56-29-28-55-27-26-54-25-24-53-23-22-52-21-20-51-19-18-50-17-16-49-15-14-48-13-12-47-11-10-46-9-8-45-2/h4-7H,3,8-39H2,1-2H3,(H,43,44). The summed E-state index contributed by atoms with van der Waals surface area (Å²) in [5.41, 5.74) is 1.90. The molecule has 0 radical (unpaired) electrons. The Morgan fingerprint density at radius 2 is 0.557 bits per heavy atom. The van der Waals surface area contributed by atoms with Gasteiger partial charge in [-0.05, 0) is 24.1 Å². The first-order valence-corrected chi connectivity index (χ1v) is 21.4. The molecule has 0 unspecified atom stereocenters. The highest BCUT2D eigenvalue weighted by Gasteiger charge is 2.03. The van der Waals surface area contributed by atoms with Crippen molar-refractivity contribution in [2.24, 2.45) is 0 Å². The first-order chi connectivity index (χ1) is 30.3. The molecule has 0 aromatic heterocycles. The second-order valence-electron chi connectivity index (χ2n) is 12.5. The summed E-state index contributed by atoms with van der Waals surface area (Å²) in [5, 5.41) is 2.68. The molecular weight excluding hydrogens is 806 g/mol. The lowest BCUT2D eigenvalue weighted by molar-refractivity contribution is -0.0304. The molecule has 0 saturated carbocycles. The summed E-state index contributed by atoms with van der Waals surface area (Å²) in [6.07, 6.45) is 0.438. The molecule has 1 aromatic rings. The molecule has 19 heteroatoms. The van der Waals surface area contributed by atoms with Crippen LogP contribution in [0.5, 0.6) is 0 Å². The zero-order valence-corrected chi connectivity index (χ0v) is 37.0. The van der Waals surface area contributed by atoms with E-state index < -0.39 is 6.09 Å². The molecule has 0 aliphatic rings. The van der Waals surface area contributed by atoms with Crippen molar-refractivity contribution in [3.63, 3.8) is 0 Å². The van der Waals surface area contributed by atoms with Crippen LogP contribution in [0.4, 0.5) is 10.5 Å². The first-order valence-electron chi connectivity index (χ1n) is 21.4. The summed E-state index contributed by atoms with van der Waals surface area (Å²) in [6, 6.07) is 7.64. The van der Waals surface area contributed by atoms with Gasteiger partial charge in [0.2, 0.25) is 0 Å². The lowest BCUT2D eigenvalue weighted by atomic mass is 10.1. The Balaban J connectivity index is 1.62. The average Bonchev–Trinajstić information content (AvgIpc) is 3.27. The number of aryl methyl sites for hydroxylation is 1. The second-order valence-corrected chi connectivity index (χ2v) is 12.5. The molecule has 358 valence electrons. The summed E-state index contributed by atoms with van der Waals surface area (Å²) >= 11 is 0. The monoisotopic (exact) mass is 884 g/mol. The fourth-order valence-electron chi connectivity index (χ4n) is 4.49. The lowest BCUT2D eigenvalue weighted by Gasteiger charge is -2.09. The Kier molecular flexibility index (Phi) is 45.6. The van der Waals surface area contributed by atoms with Crippen LogP contribution < -0.4 is 5.32 Å². The van der Waals surface area contributed by atoms with Crippen molar-refractivity contribution in [2.75, 3.05) is 224 Å². The average molecular weight is 884 g/mol. The highest BCUT2D eigenvalue weighted by atomic mass is 16.6. The first kappa shape index (κ1) is 56.9. The number of methoxy groups -OCH3 is 1. The zero-order chi connectivity index (χ0) is 43.6. The number of nitrogens with one attached hydrogen (secondary N) is 1. The van der Waals surface area contributed by atoms with Gasteiger partial charge in [0.1, 0.15) is 6.61 Å². The maximum Gasteiger partial charge on any atom is 0.411 e. The topological polar surface area (TPSA) is 186 Å². The van der Waals surface area contributed by atoms with Crippen molar-refractivity contribution < 1.29 is 85.3 Å². The third-order valence-corrected chi connectivity index (χ3v) is 7.71. The molecule has 0 atom stereocenters. The maximum atomic E-state index is 11.8. The van der Waals surface area contributed by atoms with E-state index >= 15 is 0 Å². The fraction of sp³-hybridized carbons (Fsp3) is 0.833. The second kappa shape index (κ2) is 48.9. The predicted molar refractivity (Wildman–Crippen MR) is 225 cm³/mol. The van der Waals surface area contributed by atoms with Crippen molar-refractivity contribution in [1.29, 1.82) is 0 Å². The van der Waals surface area contributed by atoms with Gasteiger partial charge in [-0.15, -0.1) is 0 Å². The van der Waals surface area contributed by atoms with Crippen molar-refractivity contribution in [3.8, 4) is 0 Å². The molecule has 0 saturated heterocycles. The Labute approximate surface area is 363 Å². The Hall–Kier alpha value is -2.15. The largest absolute Gasteiger partial charge is 0.447 e. The zero-order valence-electron chi connectivity index (χ0n) is 37.0. The SMILES string of the molecule is CCc1ccc(NC(=O)OCCOCCOCCOCCOCCOCCOCCOCCOCCOCCOCCOCCOCCOCCOCCOCCOC)cc1. The summed E-state index contributed by atoms with van der Waals surface area (Å²) in [6.45, 7) is 17.4. The van der Waals surface area contributed by atoms with Gasteiger partial charge >= 0.3 is 6.09 Å². The number of hydrogen-bond donors (Lipinski definition) is 1. The molecule has 1 N–H and O–H groups in total. The minimum Gasteiger partial charge on any atom is -0.447 e. The lowest BCUT2D eigenvalue weighted by Crippen LogP contribution is -2.18. The van der Waals surface area contributed by atoms with E-state index in [1.165, 1.54) is 5.56 Å². The van der Waals surface area contributed by atoms with Gasteiger partial charge in [0.25, 0.3) is 0 Å². The number of carbonyl (C=O) groups excluding carboxylic acids is 1. The highest BCUT2D eigenvalue weighted by molar-refractivity contribution is 5.84. The van der Waals surface area contributed by atoms with Gasteiger partial charge in [-0.2, -0.15) is 0 Å². The van der Waals surface area contributed by atoms with Crippen LogP contribution >= 0.6 is 0 Å². The number of carbonyl (C=O) groups is 1.